The van der Waals surface area contributed by atoms with Crippen LogP contribution in [0.5, 0.6) is 0 Å². The minimum Gasteiger partial charge on any atom is -0.351 e. The van der Waals surface area contributed by atoms with Crippen LogP contribution in [0.15, 0.2) is 29.2 Å². The van der Waals surface area contributed by atoms with Crippen LogP contribution in [0, 0.1) is 5.41 Å². The van der Waals surface area contributed by atoms with Gasteiger partial charge in [-0.2, -0.15) is 0 Å². The summed E-state index contributed by atoms with van der Waals surface area (Å²) in [6, 6.07) is 6.28. The Labute approximate surface area is 143 Å². The zero-order chi connectivity index (χ0) is 17.2. The van der Waals surface area contributed by atoms with E-state index in [2.05, 4.69) is 22.3 Å². The van der Waals surface area contributed by atoms with Crippen molar-refractivity contribution < 1.29 is 13.2 Å². The molecule has 0 bridgehead atoms. The number of nitrogens with one attached hydrogen (secondary N) is 3. The number of carbonyl (C=O) groups is 1. The lowest BCUT2D eigenvalue weighted by molar-refractivity contribution is 0.0922. The van der Waals surface area contributed by atoms with Gasteiger partial charge in [0.15, 0.2) is 0 Å². The molecule has 3 rings (SSSR count). The van der Waals surface area contributed by atoms with Crippen LogP contribution in [0.4, 0.5) is 0 Å². The van der Waals surface area contributed by atoms with Gasteiger partial charge in [-0.15, -0.1) is 0 Å². The van der Waals surface area contributed by atoms with Gasteiger partial charge in [-0.05, 0) is 62.4 Å². The van der Waals surface area contributed by atoms with Crippen LogP contribution in [-0.2, 0) is 10.0 Å². The molecule has 1 aliphatic heterocycles. The highest BCUT2D eigenvalue weighted by molar-refractivity contribution is 7.89. The number of amides is 1. The Hall–Kier alpha value is -1.44. The van der Waals surface area contributed by atoms with Crippen molar-refractivity contribution in [2.24, 2.45) is 5.41 Å². The van der Waals surface area contributed by atoms with Crippen molar-refractivity contribution in [1.82, 2.24) is 15.4 Å². The quantitative estimate of drug-likeness (QED) is 0.720. The third kappa shape index (κ3) is 4.34. The Morgan fingerprint density at radius 2 is 2.00 bits per heavy atom. The van der Waals surface area contributed by atoms with Crippen LogP contribution in [0.1, 0.15) is 43.0 Å². The molecule has 1 aliphatic carbocycles. The Morgan fingerprint density at radius 1 is 1.29 bits per heavy atom. The highest BCUT2D eigenvalue weighted by Gasteiger charge is 2.29. The van der Waals surface area contributed by atoms with Gasteiger partial charge in [0.1, 0.15) is 0 Å². The summed E-state index contributed by atoms with van der Waals surface area (Å²) in [6.45, 7) is 4.71. The average molecular weight is 351 g/mol. The zero-order valence-corrected chi connectivity index (χ0v) is 14.8. The summed E-state index contributed by atoms with van der Waals surface area (Å²) in [7, 11) is -3.54. The molecular weight excluding hydrogens is 326 g/mol. The molecule has 1 saturated carbocycles. The number of carbonyl (C=O) groups excluding carboxylic acids is 1. The first kappa shape index (κ1) is 17.4. The van der Waals surface area contributed by atoms with Crippen molar-refractivity contribution in [3.63, 3.8) is 0 Å². The topological polar surface area (TPSA) is 87.3 Å². The van der Waals surface area contributed by atoms with E-state index in [9.17, 15) is 13.2 Å². The van der Waals surface area contributed by atoms with E-state index in [4.69, 9.17) is 0 Å². The van der Waals surface area contributed by atoms with Crippen molar-refractivity contribution in [2.75, 3.05) is 19.6 Å². The fraction of sp³-hybridized carbons (Fsp3) is 0.588. The van der Waals surface area contributed by atoms with Crippen molar-refractivity contribution in [3.8, 4) is 0 Å². The van der Waals surface area contributed by atoms with Gasteiger partial charge in [0, 0.05) is 18.2 Å². The number of hydrogen-bond donors (Lipinski definition) is 3. The van der Waals surface area contributed by atoms with Crippen LogP contribution >= 0.6 is 0 Å². The Balaban J connectivity index is 1.65. The second-order valence-corrected chi connectivity index (χ2v) is 8.88. The molecular formula is C17H25N3O3S. The molecule has 0 aromatic heterocycles. The molecule has 1 aromatic rings. The Kier molecular flexibility index (Phi) is 4.94. The highest BCUT2D eigenvalue weighted by atomic mass is 32.2. The van der Waals surface area contributed by atoms with Gasteiger partial charge in [-0.3, -0.25) is 4.79 Å². The van der Waals surface area contributed by atoms with Crippen molar-refractivity contribution in [1.29, 1.82) is 0 Å². The molecule has 24 heavy (non-hydrogen) atoms. The zero-order valence-electron chi connectivity index (χ0n) is 14.0. The van der Waals surface area contributed by atoms with Gasteiger partial charge < -0.3 is 10.6 Å². The second kappa shape index (κ2) is 6.82. The van der Waals surface area contributed by atoms with E-state index >= 15 is 0 Å². The molecule has 3 N–H and O–H groups in total. The molecule has 132 valence electrons. The lowest BCUT2D eigenvalue weighted by Crippen LogP contribution is -2.42. The van der Waals surface area contributed by atoms with E-state index in [1.807, 2.05) is 0 Å². The predicted octanol–water partition coefficient (Wildman–Crippen LogP) is 1.25. The molecule has 7 heteroatoms. The van der Waals surface area contributed by atoms with Gasteiger partial charge in [-0.1, -0.05) is 13.0 Å². The van der Waals surface area contributed by atoms with Gasteiger partial charge in [0.05, 0.1) is 4.90 Å². The normalized spacial score (nSPS) is 20.5. The molecule has 0 unspecified atom stereocenters. The van der Waals surface area contributed by atoms with Crippen LogP contribution in [0.2, 0.25) is 0 Å². The minimum atomic E-state index is -3.54. The standard InChI is InChI=1S/C17H25N3O3S/c1-17(7-9-18-10-8-17)12-19-16(21)13-3-2-4-15(11-13)24(22,23)20-14-5-6-14/h2-4,11,14,18,20H,5-10,12H2,1H3,(H,19,21). The maximum Gasteiger partial charge on any atom is 0.251 e. The third-order valence-corrected chi connectivity index (χ3v) is 6.31. The largest absolute Gasteiger partial charge is 0.351 e. The lowest BCUT2D eigenvalue weighted by atomic mass is 9.81. The summed E-state index contributed by atoms with van der Waals surface area (Å²) in [5, 5.41) is 6.28. The summed E-state index contributed by atoms with van der Waals surface area (Å²) >= 11 is 0. The first-order valence-electron chi connectivity index (χ1n) is 8.49. The molecule has 0 spiro atoms. The summed E-state index contributed by atoms with van der Waals surface area (Å²) < 4.78 is 27.2. The van der Waals surface area contributed by atoms with E-state index in [1.165, 1.54) is 12.1 Å². The smallest absolute Gasteiger partial charge is 0.251 e. The van der Waals surface area contributed by atoms with Gasteiger partial charge >= 0.3 is 0 Å². The number of piperidine rings is 1. The SMILES string of the molecule is CC1(CNC(=O)c2cccc(S(=O)(=O)NC3CC3)c2)CCNCC1. The first-order valence-corrected chi connectivity index (χ1v) is 9.98. The van der Waals surface area contributed by atoms with Crippen LogP contribution in [0.3, 0.4) is 0 Å². The highest BCUT2D eigenvalue weighted by Crippen LogP contribution is 2.27. The van der Waals surface area contributed by atoms with Gasteiger partial charge in [0.2, 0.25) is 10.0 Å². The predicted molar refractivity (Wildman–Crippen MR) is 92.3 cm³/mol. The average Bonchev–Trinajstić information content (AvgIpc) is 3.37. The van der Waals surface area contributed by atoms with E-state index in [0.29, 0.717) is 12.1 Å². The molecule has 0 radical (unpaired) electrons. The number of benzene rings is 1. The van der Waals surface area contributed by atoms with Gasteiger partial charge in [0.25, 0.3) is 5.91 Å². The van der Waals surface area contributed by atoms with Crippen molar-refractivity contribution in [2.45, 2.75) is 43.5 Å². The Morgan fingerprint density at radius 3 is 2.67 bits per heavy atom. The van der Waals surface area contributed by atoms with Gasteiger partial charge in [-0.25, -0.2) is 13.1 Å². The summed E-state index contributed by atoms with van der Waals surface area (Å²) in [5.41, 5.74) is 0.476. The number of hydrogen-bond acceptors (Lipinski definition) is 4. The summed E-state index contributed by atoms with van der Waals surface area (Å²) in [4.78, 5) is 12.5. The van der Waals surface area contributed by atoms with Crippen LogP contribution in [0.25, 0.3) is 0 Å². The van der Waals surface area contributed by atoms with E-state index in [1.54, 1.807) is 12.1 Å². The van der Waals surface area contributed by atoms with E-state index in [-0.39, 0.29) is 22.3 Å². The molecule has 2 aliphatic rings. The number of rotatable bonds is 6. The van der Waals surface area contributed by atoms with Crippen molar-refractivity contribution >= 4 is 15.9 Å². The number of sulfonamides is 1. The molecule has 0 atom stereocenters. The molecule has 6 nitrogen and oxygen atoms in total. The fourth-order valence-electron chi connectivity index (χ4n) is 2.90. The molecule has 1 aromatic carbocycles. The van der Waals surface area contributed by atoms with E-state index in [0.717, 1.165) is 38.8 Å². The summed E-state index contributed by atoms with van der Waals surface area (Å²) in [6.07, 6.45) is 3.81. The molecule has 1 heterocycles. The van der Waals surface area contributed by atoms with Crippen LogP contribution in [-0.4, -0.2) is 40.0 Å². The molecule has 1 amide bonds. The maximum atomic E-state index is 12.4. The maximum absolute atomic E-state index is 12.4. The Bertz CT molecular complexity index is 708. The van der Waals surface area contributed by atoms with E-state index < -0.39 is 10.0 Å². The lowest BCUT2D eigenvalue weighted by Gasteiger charge is -2.34. The monoisotopic (exact) mass is 351 g/mol. The molecule has 1 saturated heterocycles. The third-order valence-electron chi connectivity index (χ3n) is 4.79. The van der Waals surface area contributed by atoms with Crippen molar-refractivity contribution in [3.05, 3.63) is 29.8 Å². The van der Waals surface area contributed by atoms with Crippen LogP contribution < -0.4 is 15.4 Å². The molecule has 2 fully saturated rings. The first-order chi connectivity index (χ1) is 11.4. The minimum absolute atomic E-state index is 0.0485. The fourth-order valence-corrected chi connectivity index (χ4v) is 4.25. The summed E-state index contributed by atoms with van der Waals surface area (Å²) in [5.74, 6) is -0.224. The second-order valence-electron chi connectivity index (χ2n) is 7.17.